The van der Waals surface area contributed by atoms with Crippen LogP contribution in [-0.4, -0.2) is 44.9 Å². The number of anilines is 1. The number of ether oxygens (including phenoxy) is 1. The van der Waals surface area contributed by atoms with Gasteiger partial charge in [-0.3, -0.25) is 19.5 Å². The minimum absolute atomic E-state index is 0.0247. The zero-order valence-corrected chi connectivity index (χ0v) is 25.8. The maximum atomic E-state index is 13.4. The van der Waals surface area contributed by atoms with Gasteiger partial charge in [0.25, 0.3) is 5.91 Å². The van der Waals surface area contributed by atoms with Crippen molar-refractivity contribution in [1.29, 1.82) is 0 Å². The highest BCUT2D eigenvalue weighted by molar-refractivity contribution is 8.19. The molecule has 1 aliphatic heterocycles. The molecular weight excluding hydrogens is 536 g/mol. The van der Waals surface area contributed by atoms with Gasteiger partial charge in [0.2, 0.25) is 0 Å². The molecule has 0 N–H and O–H groups in total. The fraction of sp³-hybridized carbons (Fsp3) is 0.414. The van der Waals surface area contributed by atoms with Crippen LogP contribution < -0.4 is 9.64 Å². The van der Waals surface area contributed by atoms with Gasteiger partial charge in [0.05, 0.1) is 22.2 Å². The Morgan fingerprint density at radius 3 is 2.50 bits per heavy atom. The van der Waals surface area contributed by atoms with E-state index in [1.807, 2.05) is 37.3 Å². The number of ketones is 1. The Bertz CT molecular complexity index is 1250. The minimum Gasteiger partial charge on any atom is -0.484 e. The monoisotopic (exact) mass is 572 g/mol. The van der Waals surface area contributed by atoms with Crippen molar-refractivity contribution in [3.8, 4) is 5.75 Å². The molecule has 0 saturated carbocycles. The standard InChI is InChI=1S/C29H37ClN2O4SSi/c1-8-15-31-28-32(24-12-10-9-11-20(24)2)27(34)26(37-28)17-21-13-14-25(23(30)16-21)35-18-22(33)19-36-38(6,7)29(3,4)5/h9-14,16-17H,8,15,18-19H2,1-7H3/b26-17-,31-28?. The molecule has 6 nitrogen and oxygen atoms in total. The second-order valence-corrected chi connectivity index (χ2v) is 17.0. The van der Waals surface area contributed by atoms with E-state index in [0.29, 0.717) is 27.4 Å². The number of Topliss-reactive ketones (excluding diaryl/α,β-unsaturated/α-hetero) is 1. The summed E-state index contributed by atoms with van der Waals surface area (Å²) in [5, 5.41) is 1.06. The summed E-state index contributed by atoms with van der Waals surface area (Å²) in [6.07, 6.45) is 2.70. The van der Waals surface area contributed by atoms with E-state index >= 15 is 0 Å². The van der Waals surface area contributed by atoms with E-state index in [2.05, 4.69) is 45.8 Å². The number of para-hydroxylation sites is 1. The van der Waals surface area contributed by atoms with Crippen LogP contribution in [0.5, 0.6) is 5.75 Å². The van der Waals surface area contributed by atoms with Crippen LogP contribution >= 0.6 is 23.4 Å². The third-order valence-corrected chi connectivity index (χ3v) is 12.5. The molecule has 38 heavy (non-hydrogen) atoms. The second-order valence-electron chi connectivity index (χ2n) is 10.8. The molecule has 0 bridgehead atoms. The number of aryl methyl sites for hydroxylation is 1. The van der Waals surface area contributed by atoms with E-state index in [-0.39, 0.29) is 29.9 Å². The molecule has 204 valence electrons. The molecule has 1 fully saturated rings. The van der Waals surface area contributed by atoms with E-state index in [4.69, 9.17) is 20.8 Å². The quantitative estimate of drug-likeness (QED) is 0.218. The van der Waals surface area contributed by atoms with Crippen molar-refractivity contribution in [2.24, 2.45) is 4.99 Å². The Morgan fingerprint density at radius 1 is 1.16 bits per heavy atom. The summed E-state index contributed by atoms with van der Waals surface area (Å²) in [5.74, 6) is 0.148. The average molecular weight is 573 g/mol. The second kappa shape index (κ2) is 12.6. The van der Waals surface area contributed by atoms with Gasteiger partial charge in [0.1, 0.15) is 12.4 Å². The molecule has 0 atom stereocenters. The van der Waals surface area contributed by atoms with Gasteiger partial charge >= 0.3 is 0 Å². The van der Waals surface area contributed by atoms with Gasteiger partial charge in [0.15, 0.2) is 19.3 Å². The van der Waals surface area contributed by atoms with Gasteiger partial charge < -0.3 is 9.16 Å². The van der Waals surface area contributed by atoms with Crippen molar-refractivity contribution in [3.05, 3.63) is 63.5 Å². The number of halogens is 1. The molecule has 0 aromatic heterocycles. The first-order valence-corrected chi connectivity index (χ1v) is 16.9. The van der Waals surface area contributed by atoms with Gasteiger partial charge in [-0.1, -0.05) is 63.6 Å². The third-order valence-electron chi connectivity index (χ3n) is 6.68. The first-order chi connectivity index (χ1) is 17.8. The van der Waals surface area contributed by atoms with Crippen molar-refractivity contribution in [2.75, 3.05) is 24.7 Å². The van der Waals surface area contributed by atoms with Gasteiger partial charge in [-0.15, -0.1) is 0 Å². The molecule has 1 amide bonds. The van der Waals surface area contributed by atoms with E-state index < -0.39 is 8.32 Å². The molecule has 0 spiro atoms. The topological polar surface area (TPSA) is 68.2 Å². The van der Waals surface area contributed by atoms with Crippen LogP contribution in [0.2, 0.25) is 23.2 Å². The number of thioether (sulfide) groups is 1. The van der Waals surface area contributed by atoms with Gasteiger partial charge in [-0.05, 0) is 78.6 Å². The molecule has 0 radical (unpaired) electrons. The summed E-state index contributed by atoms with van der Waals surface area (Å²) >= 11 is 7.83. The first-order valence-electron chi connectivity index (χ1n) is 12.8. The summed E-state index contributed by atoms with van der Waals surface area (Å²) < 4.78 is 11.7. The lowest BCUT2D eigenvalue weighted by Gasteiger charge is -2.35. The average Bonchev–Trinajstić information content (AvgIpc) is 3.15. The highest BCUT2D eigenvalue weighted by atomic mass is 35.5. The summed E-state index contributed by atoms with van der Waals surface area (Å²) in [5.41, 5.74) is 2.58. The van der Waals surface area contributed by atoms with E-state index in [1.165, 1.54) is 11.8 Å². The van der Waals surface area contributed by atoms with Crippen molar-refractivity contribution in [1.82, 2.24) is 0 Å². The molecule has 1 saturated heterocycles. The number of hydrogen-bond donors (Lipinski definition) is 0. The lowest BCUT2D eigenvalue weighted by Crippen LogP contribution is -2.42. The third kappa shape index (κ3) is 7.37. The zero-order chi connectivity index (χ0) is 28.1. The number of amides is 1. The van der Waals surface area contributed by atoms with Crippen LogP contribution in [0.4, 0.5) is 5.69 Å². The highest BCUT2D eigenvalue weighted by Gasteiger charge is 2.37. The smallest absolute Gasteiger partial charge is 0.271 e. The summed E-state index contributed by atoms with van der Waals surface area (Å²) in [7, 11) is -2.01. The van der Waals surface area contributed by atoms with Crippen LogP contribution in [0.1, 0.15) is 45.2 Å². The number of amidine groups is 1. The van der Waals surface area contributed by atoms with Crippen LogP contribution in [0.3, 0.4) is 0 Å². The number of carbonyl (C=O) groups excluding carboxylic acids is 2. The molecule has 1 aliphatic rings. The largest absolute Gasteiger partial charge is 0.484 e. The van der Waals surface area contributed by atoms with Crippen LogP contribution in [0, 0.1) is 6.92 Å². The Morgan fingerprint density at radius 2 is 1.87 bits per heavy atom. The number of aliphatic imine (C=N–C) groups is 1. The predicted octanol–water partition coefficient (Wildman–Crippen LogP) is 7.51. The van der Waals surface area contributed by atoms with Gasteiger partial charge in [0, 0.05) is 6.54 Å². The number of benzene rings is 2. The van der Waals surface area contributed by atoms with E-state index in [0.717, 1.165) is 23.2 Å². The van der Waals surface area contributed by atoms with Crippen LogP contribution in [-0.2, 0) is 14.0 Å². The van der Waals surface area contributed by atoms with Crippen LogP contribution in [0.15, 0.2) is 52.4 Å². The molecule has 3 rings (SSSR count). The lowest BCUT2D eigenvalue weighted by atomic mass is 10.1. The maximum Gasteiger partial charge on any atom is 0.271 e. The van der Waals surface area contributed by atoms with Gasteiger partial charge in [-0.2, -0.15) is 0 Å². The maximum absolute atomic E-state index is 13.4. The lowest BCUT2D eigenvalue weighted by molar-refractivity contribution is -0.123. The number of nitrogens with zero attached hydrogens (tertiary/aromatic N) is 2. The normalized spacial score (nSPS) is 16.5. The minimum atomic E-state index is -2.01. The summed E-state index contributed by atoms with van der Waals surface area (Å²) in [6, 6.07) is 13.0. The van der Waals surface area contributed by atoms with Crippen molar-refractivity contribution in [3.63, 3.8) is 0 Å². The Labute approximate surface area is 236 Å². The zero-order valence-electron chi connectivity index (χ0n) is 23.3. The molecule has 0 aliphatic carbocycles. The van der Waals surface area contributed by atoms with Crippen molar-refractivity contribution < 1.29 is 18.8 Å². The molecule has 1 heterocycles. The predicted molar refractivity (Wildman–Crippen MR) is 162 cm³/mol. The molecule has 9 heteroatoms. The SMILES string of the molecule is CCCN=C1S/C(=C\c2ccc(OCC(=O)CO[Si](C)(C)C(C)(C)C)c(Cl)c2)C(=O)N1c1ccccc1C. The Kier molecular flexibility index (Phi) is 10.0. The summed E-state index contributed by atoms with van der Waals surface area (Å²) in [6.45, 7) is 15.2. The van der Waals surface area contributed by atoms with E-state index in [1.54, 1.807) is 23.1 Å². The van der Waals surface area contributed by atoms with Crippen molar-refractivity contribution >= 4 is 60.3 Å². The molecular formula is C29H37ClN2O4SSi. The summed E-state index contributed by atoms with van der Waals surface area (Å²) in [4.78, 5) is 32.7. The fourth-order valence-corrected chi connectivity index (χ4v) is 5.56. The molecule has 2 aromatic rings. The number of hydrogen-bond acceptors (Lipinski definition) is 6. The first kappa shape index (κ1) is 30.2. The Hall–Kier alpha value is -2.39. The van der Waals surface area contributed by atoms with Crippen LogP contribution in [0.25, 0.3) is 6.08 Å². The Balaban J connectivity index is 1.71. The van der Waals surface area contributed by atoms with E-state index in [9.17, 15) is 9.59 Å². The fourth-order valence-electron chi connectivity index (χ4n) is 3.37. The number of carbonyl (C=O) groups is 2. The molecule has 2 aromatic carbocycles. The number of rotatable bonds is 10. The highest BCUT2D eigenvalue weighted by Crippen LogP contribution is 2.38. The van der Waals surface area contributed by atoms with Crippen molar-refractivity contribution in [2.45, 2.75) is 59.2 Å². The van der Waals surface area contributed by atoms with Gasteiger partial charge in [-0.25, -0.2) is 0 Å². The molecule has 0 unspecified atom stereocenters.